The van der Waals surface area contributed by atoms with Gasteiger partial charge in [0.05, 0.1) is 19.0 Å². The zero-order valence-electron chi connectivity index (χ0n) is 20.4. The molecule has 3 rings (SSSR count). The minimum atomic E-state index is -1.02. The van der Waals surface area contributed by atoms with Crippen LogP contribution in [0, 0.1) is 6.92 Å². The topological polar surface area (TPSA) is 120 Å². The Kier molecular flexibility index (Phi) is 10.00. The van der Waals surface area contributed by atoms with Gasteiger partial charge >= 0.3 is 5.97 Å². The van der Waals surface area contributed by atoms with E-state index in [1.54, 1.807) is 6.20 Å². The molecule has 36 heavy (non-hydrogen) atoms. The Bertz CT molecular complexity index is 1130. The molecule has 3 aromatic rings. The average Bonchev–Trinajstić information content (AvgIpc) is 2.88. The van der Waals surface area contributed by atoms with Gasteiger partial charge in [-0.1, -0.05) is 60.2 Å². The molecule has 188 valence electrons. The van der Waals surface area contributed by atoms with Gasteiger partial charge in [0, 0.05) is 19.2 Å². The Morgan fingerprint density at radius 3 is 2.22 bits per heavy atom. The molecule has 0 aliphatic heterocycles. The number of carboxylic acid groups (broad SMARTS) is 1. The van der Waals surface area contributed by atoms with Gasteiger partial charge in [0.1, 0.15) is 5.82 Å². The fourth-order valence-corrected chi connectivity index (χ4v) is 3.69. The van der Waals surface area contributed by atoms with Crippen molar-refractivity contribution in [3.63, 3.8) is 0 Å². The summed E-state index contributed by atoms with van der Waals surface area (Å²) < 4.78 is 0. The molecule has 2 aromatic carbocycles. The first-order valence-electron chi connectivity index (χ1n) is 12.0. The first kappa shape index (κ1) is 26.4. The van der Waals surface area contributed by atoms with E-state index in [1.165, 1.54) is 5.56 Å². The van der Waals surface area contributed by atoms with Crippen LogP contribution in [0.25, 0.3) is 11.1 Å². The van der Waals surface area contributed by atoms with Crippen molar-refractivity contribution >= 4 is 23.6 Å². The Hall–Kier alpha value is -4.20. The van der Waals surface area contributed by atoms with Crippen LogP contribution in [-0.2, 0) is 14.4 Å². The molecule has 0 saturated heterocycles. The van der Waals surface area contributed by atoms with Gasteiger partial charge in [0.25, 0.3) is 0 Å². The smallest absolute Gasteiger partial charge is 0.305 e. The molecule has 1 heterocycles. The fourth-order valence-electron chi connectivity index (χ4n) is 3.69. The summed E-state index contributed by atoms with van der Waals surface area (Å²) in [5.74, 6) is -0.889. The predicted molar refractivity (Wildman–Crippen MR) is 139 cm³/mol. The standard InChI is InChI=1S/C28H32N4O4/c1-20-8-10-21(11-9-20)22-12-14-23(15-13-22)24(18-28(35)36)32-27(34)19-31-26(33)7-3-5-17-30-25-6-2-4-16-29-25/h2,4,6,8-16,24H,3,5,7,17-19H2,1H3,(H,29,30)(H,31,33)(H,32,34)(H,35,36). The minimum absolute atomic E-state index is 0.206. The van der Waals surface area contributed by atoms with Gasteiger partial charge < -0.3 is 21.1 Å². The zero-order chi connectivity index (χ0) is 25.8. The van der Waals surface area contributed by atoms with E-state index >= 15 is 0 Å². The predicted octanol–water partition coefficient (Wildman–Crippen LogP) is 4.09. The van der Waals surface area contributed by atoms with E-state index in [-0.39, 0.29) is 18.9 Å². The Morgan fingerprint density at radius 1 is 0.889 bits per heavy atom. The molecule has 0 aliphatic rings. The van der Waals surface area contributed by atoms with Crippen molar-refractivity contribution in [2.75, 3.05) is 18.4 Å². The number of anilines is 1. The van der Waals surface area contributed by atoms with E-state index in [0.29, 0.717) is 24.9 Å². The molecule has 0 bridgehead atoms. The van der Waals surface area contributed by atoms with Crippen molar-refractivity contribution in [1.29, 1.82) is 0 Å². The molecule has 0 aliphatic carbocycles. The lowest BCUT2D eigenvalue weighted by molar-refractivity contribution is -0.138. The largest absolute Gasteiger partial charge is 0.481 e. The molecule has 1 atom stereocenters. The third-order valence-corrected chi connectivity index (χ3v) is 5.66. The van der Waals surface area contributed by atoms with Crippen LogP contribution in [0.4, 0.5) is 5.82 Å². The van der Waals surface area contributed by atoms with Crippen molar-refractivity contribution < 1.29 is 19.5 Å². The van der Waals surface area contributed by atoms with Gasteiger partial charge in [-0.2, -0.15) is 0 Å². The monoisotopic (exact) mass is 488 g/mol. The summed E-state index contributed by atoms with van der Waals surface area (Å²) in [6, 6.07) is 20.5. The molecule has 0 saturated carbocycles. The molecule has 1 aromatic heterocycles. The zero-order valence-corrected chi connectivity index (χ0v) is 20.4. The highest BCUT2D eigenvalue weighted by Crippen LogP contribution is 2.24. The van der Waals surface area contributed by atoms with Crippen LogP contribution in [0.1, 0.15) is 42.9 Å². The molecule has 1 unspecified atom stereocenters. The van der Waals surface area contributed by atoms with Gasteiger partial charge in [0.2, 0.25) is 11.8 Å². The molecule has 4 N–H and O–H groups in total. The van der Waals surface area contributed by atoms with Crippen LogP contribution >= 0.6 is 0 Å². The number of amides is 2. The highest BCUT2D eigenvalue weighted by molar-refractivity contribution is 5.85. The van der Waals surface area contributed by atoms with E-state index in [9.17, 15) is 19.5 Å². The summed E-state index contributed by atoms with van der Waals surface area (Å²) in [4.78, 5) is 40.1. The number of rotatable bonds is 13. The number of aromatic nitrogens is 1. The Labute approximate surface area is 211 Å². The second kappa shape index (κ2) is 13.6. The van der Waals surface area contributed by atoms with Gasteiger partial charge in [-0.05, 0) is 48.6 Å². The number of carbonyl (C=O) groups excluding carboxylic acids is 2. The summed E-state index contributed by atoms with van der Waals surface area (Å²) in [5.41, 5.74) is 3.92. The SMILES string of the molecule is Cc1ccc(-c2ccc(C(CC(=O)O)NC(=O)CNC(=O)CCCCNc3ccccn3)cc2)cc1. The van der Waals surface area contributed by atoms with Crippen molar-refractivity contribution in [1.82, 2.24) is 15.6 Å². The number of carbonyl (C=O) groups is 3. The van der Waals surface area contributed by atoms with Crippen LogP contribution < -0.4 is 16.0 Å². The van der Waals surface area contributed by atoms with Crippen LogP contribution in [0.15, 0.2) is 72.9 Å². The first-order chi connectivity index (χ1) is 17.4. The van der Waals surface area contributed by atoms with Crippen molar-refractivity contribution in [2.45, 2.75) is 38.6 Å². The molecule has 0 fully saturated rings. The van der Waals surface area contributed by atoms with Gasteiger partial charge in [-0.25, -0.2) is 4.98 Å². The van der Waals surface area contributed by atoms with Gasteiger partial charge in [0.15, 0.2) is 0 Å². The van der Waals surface area contributed by atoms with E-state index in [4.69, 9.17) is 0 Å². The molecule has 2 amide bonds. The third kappa shape index (κ3) is 8.87. The number of nitrogens with zero attached hydrogens (tertiary/aromatic N) is 1. The Balaban J connectivity index is 1.44. The number of benzene rings is 2. The summed E-state index contributed by atoms with van der Waals surface area (Å²) in [5, 5.41) is 17.8. The number of unbranched alkanes of at least 4 members (excludes halogenated alkanes) is 1. The summed E-state index contributed by atoms with van der Waals surface area (Å²) >= 11 is 0. The number of nitrogens with one attached hydrogen (secondary N) is 3. The normalized spacial score (nSPS) is 11.4. The summed E-state index contributed by atoms with van der Waals surface area (Å²) in [6.07, 6.45) is 3.21. The molecule has 0 radical (unpaired) electrons. The maximum Gasteiger partial charge on any atom is 0.305 e. The Morgan fingerprint density at radius 2 is 1.58 bits per heavy atom. The molecule has 8 heteroatoms. The van der Waals surface area contributed by atoms with Crippen LogP contribution in [0.3, 0.4) is 0 Å². The number of pyridine rings is 1. The summed E-state index contributed by atoms with van der Waals surface area (Å²) in [7, 11) is 0. The number of aryl methyl sites for hydroxylation is 1. The number of carboxylic acids is 1. The number of aliphatic carboxylic acids is 1. The molecular formula is C28H32N4O4. The van der Waals surface area contributed by atoms with Crippen molar-refractivity contribution in [2.24, 2.45) is 0 Å². The number of hydrogen-bond donors (Lipinski definition) is 4. The third-order valence-electron chi connectivity index (χ3n) is 5.66. The van der Waals surface area contributed by atoms with Crippen molar-refractivity contribution in [3.8, 4) is 11.1 Å². The first-order valence-corrected chi connectivity index (χ1v) is 12.0. The van der Waals surface area contributed by atoms with Crippen LogP contribution in [0.5, 0.6) is 0 Å². The van der Waals surface area contributed by atoms with E-state index in [2.05, 4.69) is 20.9 Å². The van der Waals surface area contributed by atoms with E-state index in [1.807, 2.05) is 73.7 Å². The van der Waals surface area contributed by atoms with Gasteiger partial charge in [-0.15, -0.1) is 0 Å². The maximum atomic E-state index is 12.4. The van der Waals surface area contributed by atoms with E-state index < -0.39 is 17.9 Å². The molecular weight excluding hydrogens is 456 g/mol. The highest BCUT2D eigenvalue weighted by atomic mass is 16.4. The summed E-state index contributed by atoms with van der Waals surface area (Å²) in [6.45, 7) is 2.52. The van der Waals surface area contributed by atoms with Crippen LogP contribution in [-0.4, -0.2) is 41.0 Å². The quantitative estimate of drug-likeness (QED) is 0.269. The second-order valence-corrected chi connectivity index (χ2v) is 8.58. The minimum Gasteiger partial charge on any atom is -0.481 e. The lowest BCUT2D eigenvalue weighted by atomic mass is 9.98. The van der Waals surface area contributed by atoms with Crippen LogP contribution in [0.2, 0.25) is 0 Å². The maximum absolute atomic E-state index is 12.4. The average molecular weight is 489 g/mol. The molecule has 8 nitrogen and oxygen atoms in total. The second-order valence-electron chi connectivity index (χ2n) is 8.58. The number of hydrogen-bond acceptors (Lipinski definition) is 5. The molecule has 0 spiro atoms. The van der Waals surface area contributed by atoms with E-state index in [0.717, 1.165) is 23.4 Å². The fraction of sp³-hybridized carbons (Fsp3) is 0.286. The lowest BCUT2D eigenvalue weighted by Gasteiger charge is -2.18. The lowest BCUT2D eigenvalue weighted by Crippen LogP contribution is -2.39. The highest BCUT2D eigenvalue weighted by Gasteiger charge is 2.18. The van der Waals surface area contributed by atoms with Gasteiger partial charge in [-0.3, -0.25) is 14.4 Å². The van der Waals surface area contributed by atoms with Crippen molar-refractivity contribution in [3.05, 3.63) is 84.1 Å².